The van der Waals surface area contributed by atoms with Crippen molar-refractivity contribution in [2.24, 2.45) is 11.7 Å². The molecule has 10 heteroatoms. The van der Waals surface area contributed by atoms with E-state index < -0.39 is 12.1 Å². The maximum atomic E-state index is 10.6. The van der Waals surface area contributed by atoms with Gasteiger partial charge in [0, 0.05) is 19.1 Å². The molecule has 2 aromatic heterocycles. The zero-order valence-electron chi connectivity index (χ0n) is 13.9. The molecule has 3 heterocycles. The van der Waals surface area contributed by atoms with Crippen LogP contribution in [-0.2, 0) is 4.79 Å². The summed E-state index contributed by atoms with van der Waals surface area (Å²) in [6.45, 7) is 4.08. The van der Waals surface area contributed by atoms with Gasteiger partial charge in [-0.3, -0.25) is 0 Å². The summed E-state index contributed by atoms with van der Waals surface area (Å²) in [6, 6.07) is 8.14. The van der Waals surface area contributed by atoms with E-state index in [4.69, 9.17) is 20.9 Å². The number of nitrogens with zero attached hydrogens (tertiary/aromatic N) is 4. The number of anilines is 1. The summed E-state index contributed by atoms with van der Waals surface area (Å²) >= 11 is 0. The Morgan fingerprint density at radius 2 is 2.04 bits per heavy atom. The molecule has 1 aliphatic rings. The van der Waals surface area contributed by atoms with Crippen LogP contribution in [0.3, 0.4) is 0 Å². The second-order valence-corrected chi connectivity index (χ2v) is 6.15. The highest BCUT2D eigenvalue weighted by Crippen LogP contribution is 2.27. The molecule has 0 saturated carbocycles. The molecule has 3 rings (SSSR count). The lowest BCUT2D eigenvalue weighted by atomic mass is 9.96. The number of aliphatic carboxylic acids is 1. The average Bonchev–Trinajstić information content (AvgIpc) is 3.02. The van der Waals surface area contributed by atoms with E-state index in [1.54, 1.807) is 10.7 Å². The number of fused-ring (bicyclic) bond motifs is 1. The number of hydrogen-bond acceptors (Lipinski definition) is 5. The zero-order valence-corrected chi connectivity index (χ0v) is 13.9. The van der Waals surface area contributed by atoms with Gasteiger partial charge in [0.1, 0.15) is 11.8 Å². The molecular weight excluding hydrogens is 351 g/mol. The summed E-state index contributed by atoms with van der Waals surface area (Å²) in [5.74, 6) is -2.17. The number of hydrogen-bond donors (Lipinski definition) is 2. The highest BCUT2D eigenvalue weighted by molar-refractivity contribution is 5.74. The summed E-state index contributed by atoms with van der Waals surface area (Å²) in [4.78, 5) is 11.2. The fourth-order valence-electron chi connectivity index (χ4n) is 2.95. The summed E-state index contributed by atoms with van der Waals surface area (Å²) in [5, 5.41) is 20.4. The summed E-state index contributed by atoms with van der Waals surface area (Å²) in [7, 11) is 0. The molecule has 1 saturated heterocycles. The molecule has 0 aromatic carbocycles. The topological polar surface area (TPSA) is 108 Å². The highest BCUT2D eigenvalue weighted by atomic mass is 19.4. The van der Waals surface area contributed by atoms with Gasteiger partial charge in [0.15, 0.2) is 0 Å². The molecule has 2 aromatic rings. The second-order valence-electron chi connectivity index (χ2n) is 6.15. The normalized spacial score (nSPS) is 20.2. The summed E-state index contributed by atoms with van der Waals surface area (Å²) in [6.07, 6.45) is -2.28. The van der Waals surface area contributed by atoms with E-state index in [1.165, 1.54) is 0 Å². The number of carbonyl (C=O) groups is 1. The number of halogens is 3. The van der Waals surface area contributed by atoms with Crippen LogP contribution in [0.2, 0.25) is 0 Å². The predicted octanol–water partition coefficient (Wildman–Crippen LogP) is 2.01. The molecule has 0 radical (unpaired) electrons. The van der Waals surface area contributed by atoms with Gasteiger partial charge in [0.25, 0.3) is 0 Å². The van der Waals surface area contributed by atoms with Crippen molar-refractivity contribution >= 4 is 17.2 Å². The Morgan fingerprint density at radius 3 is 2.58 bits per heavy atom. The fourth-order valence-corrected chi connectivity index (χ4v) is 2.95. The minimum absolute atomic E-state index is 0.211. The number of rotatable bonds is 1. The van der Waals surface area contributed by atoms with Crippen molar-refractivity contribution < 1.29 is 23.1 Å². The Labute approximate surface area is 147 Å². The lowest BCUT2D eigenvalue weighted by molar-refractivity contribution is -0.192. The van der Waals surface area contributed by atoms with E-state index in [2.05, 4.69) is 23.0 Å². The molecule has 3 N–H and O–H groups in total. The zero-order chi connectivity index (χ0) is 19.5. The molecule has 1 fully saturated rings. The number of alkyl halides is 3. The first-order chi connectivity index (χ1) is 12.1. The van der Waals surface area contributed by atoms with Crippen LogP contribution in [0.25, 0.3) is 5.52 Å². The van der Waals surface area contributed by atoms with Gasteiger partial charge in [-0.15, -0.1) is 0 Å². The molecule has 0 spiro atoms. The van der Waals surface area contributed by atoms with Crippen LogP contribution >= 0.6 is 0 Å². The van der Waals surface area contributed by atoms with Crippen LogP contribution in [0.4, 0.5) is 18.9 Å². The van der Waals surface area contributed by atoms with E-state index in [9.17, 15) is 13.2 Å². The molecule has 0 bridgehead atoms. The Hall–Kier alpha value is -2.80. The molecule has 1 aliphatic heterocycles. The Morgan fingerprint density at radius 1 is 1.38 bits per heavy atom. The van der Waals surface area contributed by atoms with Crippen LogP contribution in [0.1, 0.15) is 19.0 Å². The van der Waals surface area contributed by atoms with Gasteiger partial charge in [-0.1, -0.05) is 6.92 Å². The maximum absolute atomic E-state index is 10.6. The van der Waals surface area contributed by atoms with E-state index in [-0.39, 0.29) is 6.04 Å². The van der Waals surface area contributed by atoms with Crippen molar-refractivity contribution in [1.29, 1.82) is 5.26 Å². The molecular formula is C16H18F3N5O2. The third-order valence-electron chi connectivity index (χ3n) is 3.92. The third-order valence-corrected chi connectivity index (χ3v) is 3.92. The smallest absolute Gasteiger partial charge is 0.475 e. The highest BCUT2D eigenvalue weighted by Gasteiger charge is 2.38. The first-order valence-electron chi connectivity index (χ1n) is 7.81. The van der Waals surface area contributed by atoms with Crippen molar-refractivity contribution in [3.8, 4) is 6.07 Å². The molecule has 2 atom stereocenters. The number of carboxylic acid groups (broad SMARTS) is 1. The van der Waals surface area contributed by atoms with Crippen molar-refractivity contribution in [3.63, 3.8) is 0 Å². The SMILES string of the molecule is C[C@H]1C[C@@H](N)CN(c2ccc(C#N)n3nccc23)C1.O=C(O)C(F)(F)F. The minimum atomic E-state index is -5.08. The quantitative estimate of drug-likeness (QED) is 0.796. The van der Waals surface area contributed by atoms with Gasteiger partial charge in [-0.05, 0) is 30.5 Å². The lowest BCUT2D eigenvalue weighted by Gasteiger charge is -2.36. The molecule has 26 heavy (non-hydrogen) atoms. The second kappa shape index (κ2) is 7.61. The van der Waals surface area contributed by atoms with Crippen LogP contribution in [-0.4, -0.2) is 46.0 Å². The number of nitrogens with two attached hydrogens (primary N) is 1. The first-order valence-corrected chi connectivity index (χ1v) is 7.81. The standard InChI is InChI=1S/C14H17N5.C2HF3O2/c1-10-6-11(16)9-18(8-10)13-3-2-12(7-15)19-14(13)4-5-17-19;3-2(4,5)1(6)7/h2-5,10-11H,6,8-9,16H2,1H3;(H,6,7)/t10-,11+;/m0./s1. The van der Waals surface area contributed by atoms with Crippen molar-refractivity contribution in [2.75, 3.05) is 18.0 Å². The predicted molar refractivity (Wildman–Crippen MR) is 87.6 cm³/mol. The van der Waals surface area contributed by atoms with Crippen LogP contribution in [0.5, 0.6) is 0 Å². The number of carboxylic acids is 1. The average molecular weight is 369 g/mol. The van der Waals surface area contributed by atoms with Gasteiger partial charge in [0.05, 0.1) is 17.4 Å². The molecule has 0 unspecified atom stereocenters. The fraction of sp³-hybridized carbons (Fsp3) is 0.438. The van der Waals surface area contributed by atoms with Gasteiger partial charge < -0.3 is 15.7 Å². The van der Waals surface area contributed by atoms with Crippen molar-refractivity contribution in [2.45, 2.75) is 25.6 Å². The minimum Gasteiger partial charge on any atom is -0.475 e. The largest absolute Gasteiger partial charge is 0.490 e. The summed E-state index contributed by atoms with van der Waals surface area (Å²) in [5.41, 5.74) is 8.75. The third kappa shape index (κ3) is 4.43. The first kappa shape index (κ1) is 19.5. The monoisotopic (exact) mass is 369 g/mol. The number of aromatic nitrogens is 2. The van der Waals surface area contributed by atoms with Crippen molar-refractivity contribution in [1.82, 2.24) is 9.61 Å². The van der Waals surface area contributed by atoms with Gasteiger partial charge >= 0.3 is 12.1 Å². The van der Waals surface area contributed by atoms with Gasteiger partial charge in [-0.2, -0.15) is 23.5 Å². The number of piperidine rings is 1. The lowest BCUT2D eigenvalue weighted by Crippen LogP contribution is -2.46. The van der Waals surface area contributed by atoms with Gasteiger partial charge in [-0.25, -0.2) is 9.31 Å². The van der Waals surface area contributed by atoms with E-state index in [0.29, 0.717) is 11.6 Å². The van der Waals surface area contributed by atoms with E-state index >= 15 is 0 Å². The van der Waals surface area contributed by atoms with Crippen molar-refractivity contribution in [3.05, 3.63) is 30.1 Å². The Balaban J connectivity index is 0.000000298. The Bertz CT molecular complexity index is 817. The van der Waals surface area contributed by atoms with E-state index in [0.717, 1.165) is 30.7 Å². The molecule has 7 nitrogen and oxygen atoms in total. The maximum Gasteiger partial charge on any atom is 0.490 e. The van der Waals surface area contributed by atoms with E-state index in [1.807, 2.05) is 18.2 Å². The number of pyridine rings is 1. The molecule has 0 amide bonds. The van der Waals surface area contributed by atoms with Crippen LogP contribution < -0.4 is 10.6 Å². The number of nitriles is 1. The van der Waals surface area contributed by atoms with Crippen LogP contribution in [0, 0.1) is 17.2 Å². The van der Waals surface area contributed by atoms with Crippen LogP contribution in [0.15, 0.2) is 24.4 Å². The molecule has 0 aliphatic carbocycles. The van der Waals surface area contributed by atoms with Gasteiger partial charge in [0.2, 0.25) is 0 Å². The molecule has 140 valence electrons. The Kier molecular flexibility index (Phi) is 5.72. The summed E-state index contributed by atoms with van der Waals surface area (Å²) < 4.78 is 33.4.